The van der Waals surface area contributed by atoms with Crippen molar-refractivity contribution in [3.8, 4) is 33.6 Å². The lowest BCUT2D eigenvalue weighted by Gasteiger charge is -2.24. The number of imidazole rings is 2. The molecular weight excluding hydrogens is 562 g/mol. The highest BCUT2D eigenvalue weighted by Gasteiger charge is 2.33. The van der Waals surface area contributed by atoms with Crippen molar-refractivity contribution in [2.24, 2.45) is 5.92 Å². The number of aromatic nitrogens is 4. The standard InChI is InChI=1S/C36H45N7O2/c1-23(2)19-33(44)42-17-5-7-31(42)35-38-20-29(40-35)27-13-9-25(10-14-27)26-11-15-28(16-12-26)30-21-39-36(41-30)32-8-6-18-43(32)34(45)22-37-24(3)4/h9-16,20-21,23-24,31-32,37H,5-8,17-19,22H2,1-4H3,(H,38,40)(H,39,41)/t31-,32-/m0/s1. The number of aromatic amines is 2. The summed E-state index contributed by atoms with van der Waals surface area (Å²) in [6, 6.07) is 17.3. The first kappa shape index (κ1) is 30.8. The topological polar surface area (TPSA) is 110 Å². The molecule has 0 radical (unpaired) electrons. The molecule has 2 atom stereocenters. The van der Waals surface area contributed by atoms with E-state index in [1.165, 1.54) is 0 Å². The molecule has 2 aromatic carbocycles. The summed E-state index contributed by atoms with van der Waals surface area (Å²) in [5, 5.41) is 3.24. The van der Waals surface area contributed by atoms with E-state index in [2.05, 4.69) is 87.6 Å². The molecule has 236 valence electrons. The molecule has 3 N–H and O–H groups in total. The van der Waals surface area contributed by atoms with E-state index < -0.39 is 0 Å². The molecule has 0 aliphatic carbocycles. The van der Waals surface area contributed by atoms with Gasteiger partial charge in [0.05, 0.1) is 42.4 Å². The Morgan fingerprint density at radius 2 is 1.18 bits per heavy atom. The van der Waals surface area contributed by atoms with Gasteiger partial charge in [0.15, 0.2) is 0 Å². The third-order valence-corrected chi connectivity index (χ3v) is 8.94. The third kappa shape index (κ3) is 6.88. The van der Waals surface area contributed by atoms with Gasteiger partial charge in [-0.3, -0.25) is 9.59 Å². The van der Waals surface area contributed by atoms with Crippen molar-refractivity contribution in [3.05, 3.63) is 72.6 Å². The Bertz CT molecular complexity index is 1600. The summed E-state index contributed by atoms with van der Waals surface area (Å²) in [6.07, 6.45) is 8.19. The molecule has 2 amide bonds. The van der Waals surface area contributed by atoms with Crippen LogP contribution in [-0.2, 0) is 9.59 Å². The summed E-state index contributed by atoms with van der Waals surface area (Å²) >= 11 is 0. The number of nitrogens with one attached hydrogen (secondary N) is 3. The van der Waals surface area contributed by atoms with Crippen molar-refractivity contribution in [2.75, 3.05) is 19.6 Å². The Hall–Kier alpha value is -4.24. The van der Waals surface area contributed by atoms with E-state index in [1.54, 1.807) is 0 Å². The second-order valence-electron chi connectivity index (χ2n) is 13.1. The lowest BCUT2D eigenvalue weighted by atomic mass is 10.0. The van der Waals surface area contributed by atoms with Gasteiger partial charge in [0.2, 0.25) is 11.8 Å². The van der Waals surface area contributed by atoms with Crippen molar-refractivity contribution < 1.29 is 9.59 Å². The minimum Gasteiger partial charge on any atom is -0.340 e. The quantitative estimate of drug-likeness (QED) is 0.191. The van der Waals surface area contributed by atoms with Crippen LogP contribution in [0.1, 0.15) is 83.5 Å². The molecule has 0 bridgehead atoms. The highest BCUT2D eigenvalue weighted by atomic mass is 16.2. The van der Waals surface area contributed by atoms with Crippen molar-refractivity contribution in [1.82, 2.24) is 35.1 Å². The van der Waals surface area contributed by atoms with E-state index >= 15 is 0 Å². The lowest BCUT2D eigenvalue weighted by Crippen LogP contribution is -2.40. The van der Waals surface area contributed by atoms with Gasteiger partial charge in [-0.15, -0.1) is 0 Å². The number of hydrogen-bond acceptors (Lipinski definition) is 5. The zero-order valence-electron chi connectivity index (χ0n) is 26.8. The zero-order valence-corrected chi connectivity index (χ0v) is 26.8. The first-order valence-corrected chi connectivity index (χ1v) is 16.4. The van der Waals surface area contributed by atoms with Gasteiger partial charge in [-0.25, -0.2) is 9.97 Å². The van der Waals surface area contributed by atoms with E-state index in [1.807, 2.05) is 36.0 Å². The van der Waals surface area contributed by atoms with Gasteiger partial charge < -0.3 is 25.1 Å². The summed E-state index contributed by atoms with van der Waals surface area (Å²) in [5.74, 6) is 2.42. The van der Waals surface area contributed by atoms with Crippen LogP contribution in [0.15, 0.2) is 60.9 Å². The van der Waals surface area contributed by atoms with Crippen molar-refractivity contribution in [2.45, 2.75) is 77.9 Å². The van der Waals surface area contributed by atoms with E-state index in [-0.39, 0.29) is 29.9 Å². The second kappa shape index (κ2) is 13.4. The van der Waals surface area contributed by atoms with Gasteiger partial charge in [-0.1, -0.05) is 76.2 Å². The van der Waals surface area contributed by atoms with Crippen LogP contribution in [0.2, 0.25) is 0 Å². The number of carbonyl (C=O) groups is 2. The fraction of sp³-hybridized carbons (Fsp3) is 0.444. The van der Waals surface area contributed by atoms with Crippen LogP contribution < -0.4 is 5.32 Å². The fourth-order valence-electron chi connectivity index (χ4n) is 6.55. The number of H-pyrrole nitrogens is 2. The van der Waals surface area contributed by atoms with Crippen LogP contribution in [0.25, 0.3) is 33.6 Å². The van der Waals surface area contributed by atoms with Gasteiger partial charge >= 0.3 is 0 Å². The molecule has 0 unspecified atom stereocenters. The maximum atomic E-state index is 12.8. The first-order valence-electron chi connectivity index (χ1n) is 16.4. The molecule has 2 aliphatic rings. The second-order valence-corrected chi connectivity index (χ2v) is 13.1. The number of hydrogen-bond donors (Lipinski definition) is 3. The number of benzene rings is 2. The normalized spacial score (nSPS) is 18.4. The van der Waals surface area contributed by atoms with Gasteiger partial charge in [-0.2, -0.15) is 0 Å². The van der Waals surface area contributed by atoms with Crippen LogP contribution >= 0.6 is 0 Å². The minimum atomic E-state index is -0.00609. The maximum absolute atomic E-state index is 12.8. The molecule has 2 saturated heterocycles. The summed E-state index contributed by atoms with van der Waals surface area (Å²) < 4.78 is 0. The number of carbonyl (C=O) groups excluding carboxylic acids is 2. The number of likely N-dealkylation sites (tertiary alicyclic amines) is 2. The Kier molecular flexibility index (Phi) is 9.16. The molecule has 0 spiro atoms. The molecule has 9 nitrogen and oxygen atoms in total. The van der Waals surface area contributed by atoms with E-state index in [0.29, 0.717) is 18.9 Å². The van der Waals surface area contributed by atoms with Gasteiger partial charge in [-0.05, 0) is 53.9 Å². The van der Waals surface area contributed by atoms with E-state index in [0.717, 1.165) is 84.1 Å². The molecule has 4 heterocycles. The van der Waals surface area contributed by atoms with Crippen LogP contribution in [-0.4, -0.2) is 67.2 Å². The summed E-state index contributed by atoms with van der Waals surface area (Å²) in [7, 11) is 0. The monoisotopic (exact) mass is 607 g/mol. The Labute approximate surface area is 265 Å². The molecule has 2 fully saturated rings. The van der Waals surface area contributed by atoms with Crippen molar-refractivity contribution >= 4 is 11.8 Å². The number of rotatable bonds is 10. The average molecular weight is 608 g/mol. The number of nitrogens with zero attached hydrogens (tertiary/aromatic N) is 4. The van der Waals surface area contributed by atoms with Crippen LogP contribution in [0, 0.1) is 5.92 Å². The zero-order chi connectivity index (χ0) is 31.5. The van der Waals surface area contributed by atoms with Crippen molar-refractivity contribution in [3.63, 3.8) is 0 Å². The largest absolute Gasteiger partial charge is 0.340 e. The molecule has 4 aromatic rings. The smallest absolute Gasteiger partial charge is 0.237 e. The average Bonchev–Trinajstić information content (AvgIpc) is 3.85. The summed E-state index contributed by atoms with van der Waals surface area (Å²) in [4.78, 5) is 45.9. The van der Waals surface area contributed by atoms with Crippen LogP contribution in [0.5, 0.6) is 0 Å². The third-order valence-electron chi connectivity index (χ3n) is 8.94. The Morgan fingerprint density at radius 1 is 0.733 bits per heavy atom. The van der Waals surface area contributed by atoms with E-state index in [4.69, 9.17) is 0 Å². The van der Waals surface area contributed by atoms with E-state index in [9.17, 15) is 9.59 Å². The Morgan fingerprint density at radius 3 is 1.62 bits per heavy atom. The Balaban J connectivity index is 1.10. The molecule has 6 rings (SSSR count). The van der Waals surface area contributed by atoms with Crippen LogP contribution in [0.4, 0.5) is 0 Å². The molecule has 2 aromatic heterocycles. The minimum absolute atomic E-state index is 0.00609. The predicted octanol–water partition coefficient (Wildman–Crippen LogP) is 6.50. The molecule has 45 heavy (non-hydrogen) atoms. The van der Waals surface area contributed by atoms with Crippen molar-refractivity contribution in [1.29, 1.82) is 0 Å². The number of amides is 2. The summed E-state index contributed by atoms with van der Waals surface area (Å²) in [6.45, 7) is 10.2. The molecule has 9 heteroatoms. The van der Waals surface area contributed by atoms with Gasteiger partial charge in [0.25, 0.3) is 0 Å². The fourth-order valence-corrected chi connectivity index (χ4v) is 6.55. The lowest BCUT2D eigenvalue weighted by molar-refractivity contribution is -0.133. The van der Waals surface area contributed by atoms with Gasteiger partial charge in [0.1, 0.15) is 11.6 Å². The predicted molar refractivity (Wildman–Crippen MR) is 177 cm³/mol. The highest BCUT2D eigenvalue weighted by Crippen LogP contribution is 2.34. The molecule has 0 saturated carbocycles. The van der Waals surface area contributed by atoms with Gasteiger partial charge in [0, 0.05) is 25.6 Å². The van der Waals surface area contributed by atoms with Crippen LogP contribution in [0.3, 0.4) is 0 Å². The molecule has 2 aliphatic heterocycles. The molecular formula is C36H45N7O2. The first-order chi connectivity index (χ1) is 21.8. The SMILES string of the molecule is CC(C)CC(=O)N1CCC[C@H]1c1ncc(-c2ccc(-c3ccc(-c4cnc([C@@H]5CCCN5C(=O)CNC(C)C)[nH]4)cc3)cc2)[nH]1. The highest BCUT2D eigenvalue weighted by molar-refractivity contribution is 5.79. The summed E-state index contributed by atoms with van der Waals surface area (Å²) in [5.41, 5.74) is 6.30. The maximum Gasteiger partial charge on any atom is 0.237 e.